The summed E-state index contributed by atoms with van der Waals surface area (Å²) in [4.78, 5) is 0. The highest BCUT2D eigenvalue weighted by Crippen LogP contribution is 2.47. The minimum atomic E-state index is -0.242. The van der Waals surface area contributed by atoms with Crippen LogP contribution in [0.4, 0.5) is 0 Å². The minimum absolute atomic E-state index is 0.242. The van der Waals surface area contributed by atoms with E-state index in [9.17, 15) is 0 Å². The van der Waals surface area contributed by atoms with E-state index in [1.165, 1.54) is 16.7 Å². The van der Waals surface area contributed by atoms with Crippen molar-refractivity contribution in [2.24, 2.45) is 5.73 Å². The first-order valence-electron chi connectivity index (χ1n) is 7.38. The summed E-state index contributed by atoms with van der Waals surface area (Å²) in [6, 6.07) is 0. The van der Waals surface area contributed by atoms with Crippen LogP contribution in [0.3, 0.4) is 0 Å². The van der Waals surface area contributed by atoms with E-state index < -0.39 is 0 Å². The average Bonchev–Trinajstić information content (AvgIpc) is 2.42. The maximum absolute atomic E-state index is 6.26. The maximum Gasteiger partial charge on any atom is 0.137 e. The summed E-state index contributed by atoms with van der Waals surface area (Å²) >= 11 is 3.73. The van der Waals surface area contributed by atoms with Crippen molar-refractivity contribution in [3.05, 3.63) is 21.2 Å². The summed E-state index contributed by atoms with van der Waals surface area (Å²) in [6.07, 6.45) is 5.06. The van der Waals surface area contributed by atoms with Crippen molar-refractivity contribution in [3.8, 4) is 11.5 Å². The van der Waals surface area contributed by atoms with Gasteiger partial charge in [0.1, 0.15) is 11.5 Å². The van der Waals surface area contributed by atoms with Crippen LogP contribution in [0.25, 0.3) is 0 Å². The molecule has 20 heavy (non-hydrogen) atoms. The summed E-state index contributed by atoms with van der Waals surface area (Å²) in [5.74, 6) is 2.09. The van der Waals surface area contributed by atoms with Gasteiger partial charge in [0.25, 0.3) is 0 Å². The van der Waals surface area contributed by atoms with Crippen LogP contribution in [0, 0.1) is 0 Å². The lowest BCUT2D eigenvalue weighted by Gasteiger charge is -2.31. The van der Waals surface area contributed by atoms with Crippen molar-refractivity contribution in [1.29, 1.82) is 0 Å². The zero-order valence-electron chi connectivity index (χ0n) is 12.2. The zero-order chi connectivity index (χ0) is 14.3. The van der Waals surface area contributed by atoms with Gasteiger partial charge in [-0.05, 0) is 61.9 Å². The first kappa shape index (κ1) is 14.2. The molecule has 0 fully saturated rings. The molecule has 0 aliphatic carbocycles. The molecule has 0 bridgehead atoms. The fourth-order valence-electron chi connectivity index (χ4n) is 3.13. The van der Waals surface area contributed by atoms with E-state index in [0.717, 1.165) is 61.3 Å². The largest absolute Gasteiger partial charge is 0.493 e. The molecular weight excluding hydrogens is 318 g/mol. The molecule has 2 aliphatic heterocycles. The third kappa shape index (κ3) is 2.56. The van der Waals surface area contributed by atoms with Crippen LogP contribution in [-0.2, 0) is 19.3 Å². The van der Waals surface area contributed by atoms with Gasteiger partial charge in [0.2, 0.25) is 0 Å². The van der Waals surface area contributed by atoms with E-state index in [2.05, 4.69) is 29.8 Å². The molecule has 2 N–H and O–H groups in total. The van der Waals surface area contributed by atoms with Crippen LogP contribution >= 0.6 is 15.9 Å². The minimum Gasteiger partial charge on any atom is -0.493 e. The second-order valence-electron chi connectivity index (χ2n) is 6.48. The van der Waals surface area contributed by atoms with Gasteiger partial charge in [-0.3, -0.25) is 0 Å². The van der Waals surface area contributed by atoms with E-state index in [1.807, 2.05) is 0 Å². The van der Waals surface area contributed by atoms with Gasteiger partial charge in [0, 0.05) is 22.2 Å². The fraction of sp³-hybridized carbons (Fsp3) is 0.625. The molecular formula is C16H22BrNO2. The molecule has 0 saturated carbocycles. The number of benzene rings is 1. The van der Waals surface area contributed by atoms with Crippen LogP contribution in [0.5, 0.6) is 11.5 Å². The van der Waals surface area contributed by atoms with E-state index >= 15 is 0 Å². The Hall–Kier alpha value is -0.740. The van der Waals surface area contributed by atoms with Crippen molar-refractivity contribution < 1.29 is 9.47 Å². The fourth-order valence-corrected chi connectivity index (χ4v) is 3.86. The molecule has 4 heteroatoms. The summed E-state index contributed by atoms with van der Waals surface area (Å²) in [7, 11) is 0. The number of hydrogen-bond acceptors (Lipinski definition) is 3. The Labute approximate surface area is 129 Å². The quantitative estimate of drug-likeness (QED) is 0.898. The summed E-state index contributed by atoms with van der Waals surface area (Å²) in [6.45, 7) is 5.74. The molecule has 0 atom stereocenters. The van der Waals surface area contributed by atoms with E-state index in [1.54, 1.807) is 0 Å². The Balaban J connectivity index is 2.19. The molecule has 0 aromatic heterocycles. The molecule has 0 saturated heterocycles. The van der Waals surface area contributed by atoms with Gasteiger partial charge in [0.15, 0.2) is 0 Å². The topological polar surface area (TPSA) is 44.5 Å². The van der Waals surface area contributed by atoms with Crippen molar-refractivity contribution in [2.75, 3.05) is 13.2 Å². The number of rotatable bonds is 2. The lowest BCUT2D eigenvalue weighted by molar-refractivity contribution is 0.265. The molecule has 3 rings (SSSR count). The molecule has 110 valence electrons. The molecule has 0 unspecified atom stereocenters. The van der Waals surface area contributed by atoms with Gasteiger partial charge in [-0.25, -0.2) is 0 Å². The van der Waals surface area contributed by atoms with Crippen LogP contribution < -0.4 is 15.2 Å². The maximum atomic E-state index is 6.26. The molecule has 1 aromatic rings. The molecule has 2 heterocycles. The van der Waals surface area contributed by atoms with Crippen molar-refractivity contribution in [3.63, 3.8) is 0 Å². The van der Waals surface area contributed by atoms with Crippen molar-refractivity contribution >= 4 is 15.9 Å². The second-order valence-corrected chi connectivity index (χ2v) is 7.27. The third-order valence-electron chi connectivity index (χ3n) is 3.92. The molecule has 0 amide bonds. The van der Waals surface area contributed by atoms with Crippen LogP contribution in [0.1, 0.15) is 43.4 Å². The van der Waals surface area contributed by atoms with Gasteiger partial charge in [-0.1, -0.05) is 0 Å². The summed E-state index contributed by atoms with van der Waals surface area (Å²) in [5, 5.41) is 0. The van der Waals surface area contributed by atoms with E-state index in [0.29, 0.717) is 0 Å². The SMILES string of the molecule is CC(C)(N)Cc1c2c(c(Br)c3c1OCCC3)OCCC2. The van der Waals surface area contributed by atoms with Gasteiger partial charge < -0.3 is 15.2 Å². The Morgan fingerprint density at radius 2 is 1.65 bits per heavy atom. The lowest BCUT2D eigenvalue weighted by atomic mass is 9.86. The van der Waals surface area contributed by atoms with E-state index in [4.69, 9.17) is 15.2 Å². The average molecular weight is 340 g/mol. The molecule has 2 aliphatic rings. The smallest absolute Gasteiger partial charge is 0.137 e. The Bertz CT molecular complexity index is 497. The Morgan fingerprint density at radius 3 is 2.30 bits per heavy atom. The van der Waals surface area contributed by atoms with Crippen LogP contribution in [0.15, 0.2) is 4.47 Å². The molecule has 0 spiro atoms. The number of ether oxygens (including phenoxy) is 2. The Morgan fingerprint density at radius 1 is 1.05 bits per heavy atom. The van der Waals surface area contributed by atoms with Crippen LogP contribution in [-0.4, -0.2) is 18.8 Å². The monoisotopic (exact) mass is 339 g/mol. The predicted molar refractivity (Wildman–Crippen MR) is 83.7 cm³/mol. The molecule has 3 nitrogen and oxygen atoms in total. The lowest BCUT2D eigenvalue weighted by Crippen LogP contribution is -2.35. The highest BCUT2D eigenvalue weighted by Gasteiger charge is 2.30. The highest BCUT2D eigenvalue weighted by atomic mass is 79.9. The zero-order valence-corrected chi connectivity index (χ0v) is 13.8. The van der Waals surface area contributed by atoms with Gasteiger partial charge in [-0.15, -0.1) is 0 Å². The van der Waals surface area contributed by atoms with Crippen molar-refractivity contribution in [2.45, 2.75) is 51.5 Å². The number of fused-ring (bicyclic) bond motifs is 2. The number of halogens is 1. The first-order chi connectivity index (χ1) is 9.47. The number of hydrogen-bond donors (Lipinski definition) is 1. The summed E-state index contributed by atoms with van der Waals surface area (Å²) in [5.41, 5.74) is 9.84. The summed E-state index contributed by atoms with van der Waals surface area (Å²) < 4.78 is 13.0. The van der Waals surface area contributed by atoms with Gasteiger partial charge >= 0.3 is 0 Å². The third-order valence-corrected chi connectivity index (χ3v) is 4.76. The van der Waals surface area contributed by atoms with Gasteiger partial charge in [0.05, 0.1) is 17.7 Å². The predicted octanol–water partition coefficient (Wildman–Crippen LogP) is 3.38. The second kappa shape index (κ2) is 5.23. The molecule has 0 radical (unpaired) electrons. The van der Waals surface area contributed by atoms with Crippen LogP contribution in [0.2, 0.25) is 0 Å². The first-order valence-corrected chi connectivity index (χ1v) is 8.17. The van der Waals surface area contributed by atoms with Gasteiger partial charge in [-0.2, -0.15) is 0 Å². The molecule has 1 aromatic carbocycles. The Kier molecular flexibility index (Phi) is 3.71. The van der Waals surface area contributed by atoms with Crippen molar-refractivity contribution in [1.82, 2.24) is 0 Å². The standard InChI is InChI=1S/C16H22BrNO2/c1-16(2,18)9-12-10-5-3-8-20-15(10)13(17)11-6-4-7-19-14(11)12/h3-9,18H2,1-2H3. The highest BCUT2D eigenvalue weighted by molar-refractivity contribution is 9.10. The number of nitrogens with two attached hydrogens (primary N) is 1. The van der Waals surface area contributed by atoms with E-state index in [-0.39, 0.29) is 5.54 Å². The normalized spacial score (nSPS) is 17.8.